The van der Waals surface area contributed by atoms with E-state index in [1.54, 1.807) is 24.3 Å². The van der Waals surface area contributed by atoms with Crippen LogP contribution in [0.15, 0.2) is 48.5 Å². The Morgan fingerprint density at radius 1 is 1.22 bits per heavy atom. The van der Waals surface area contributed by atoms with Crippen LogP contribution in [0.4, 0.5) is 15.8 Å². The van der Waals surface area contributed by atoms with E-state index in [1.807, 2.05) is 13.0 Å². The summed E-state index contributed by atoms with van der Waals surface area (Å²) in [5, 5.41) is 2.64. The Kier molecular flexibility index (Phi) is 5.49. The quantitative estimate of drug-likeness (QED) is 0.821. The van der Waals surface area contributed by atoms with E-state index < -0.39 is 30.2 Å². The Morgan fingerprint density at radius 3 is 2.74 bits per heavy atom. The second-order valence-electron chi connectivity index (χ2n) is 6.38. The largest absolute Gasteiger partial charge is 0.455 e. The molecule has 1 atom stereocenters. The van der Waals surface area contributed by atoms with Gasteiger partial charge in [0.15, 0.2) is 6.61 Å². The standard InChI is InChI=1S/C20H19FN2O4/c1-13-5-4-6-15(9-13)22-18(24)12-27-20(26)14-10-19(25)23(11-14)17-8-3-2-7-16(17)21/h2-9,14H,10-12H2,1H3,(H,22,24)/t14-/m0/s1. The average molecular weight is 370 g/mol. The number of hydrogen-bond donors (Lipinski definition) is 1. The minimum absolute atomic E-state index is 0.0259. The van der Waals surface area contributed by atoms with Gasteiger partial charge in [-0.05, 0) is 36.8 Å². The first kappa shape index (κ1) is 18.6. The first-order valence-electron chi connectivity index (χ1n) is 8.52. The van der Waals surface area contributed by atoms with Gasteiger partial charge in [-0.3, -0.25) is 14.4 Å². The van der Waals surface area contributed by atoms with E-state index in [0.717, 1.165) is 5.56 Å². The second-order valence-corrected chi connectivity index (χ2v) is 6.38. The van der Waals surface area contributed by atoms with Gasteiger partial charge in [-0.1, -0.05) is 24.3 Å². The minimum atomic E-state index is -0.733. The van der Waals surface area contributed by atoms with Gasteiger partial charge in [0.25, 0.3) is 5.91 Å². The molecule has 0 aliphatic carbocycles. The molecule has 1 saturated heterocycles. The summed E-state index contributed by atoms with van der Waals surface area (Å²) in [4.78, 5) is 37.5. The lowest BCUT2D eigenvalue weighted by atomic mass is 10.1. The van der Waals surface area contributed by atoms with Crippen LogP contribution in [0.25, 0.3) is 0 Å². The van der Waals surface area contributed by atoms with Gasteiger partial charge < -0.3 is 15.0 Å². The van der Waals surface area contributed by atoms with Gasteiger partial charge in [-0.15, -0.1) is 0 Å². The number of nitrogens with one attached hydrogen (secondary N) is 1. The van der Waals surface area contributed by atoms with Crippen molar-refractivity contribution in [2.45, 2.75) is 13.3 Å². The first-order chi connectivity index (χ1) is 12.9. The third-order valence-electron chi connectivity index (χ3n) is 4.25. The number of halogens is 1. The van der Waals surface area contributed by atoms with Crippen LogP contribution in [0, 0.1) is 18.7 Å². The van der Waals surface area contributed by atoms with Gasteiger partial charge in [0.1, 0.15) is 5.82 Å². The first-order valence-corrected chi connectivity index (χ1v) is 8.52. The number of ether oxygens (including phenoxy) is 1. The summed E-state index contributed by atoms with van der Waals surface area (Å²) in [6.45, 7) is 1.48. The maximum absolute atomic E-state index is 13.9. The molecule has 27 heavy (non-hydrogen) atoms. The van der Waals surface area contributed by atoms with Crippen molar-refractivity contribution in [3.63, 3.8) is 0 Å². The maximum Gasteiger partial charge on any atom is 0.311 e. The van der Waals surface area contributed by atoms with Crippen molar-refractivity contribution in [2.24, 2.45) is 5.92 Å². The summed E-state index contributed by atoms with van der Waals surface area (Å²) in [5.41, 5.74) is 1.73. The Hall–Kier alpha value is -3.22. The van der Waals surface area contributed by atoms with E-state index in [-0.39, 0.29) is 24.6 Å². The SMILES string of the molecule is Cc1cccc(NC(=O)COC(=O)[C@H]2CC(=O)N(c3ccccc3F)C2)c1. The Bertz CT molecular complexity index is 884. The molecule has 6 nitrogen and oxygen atoms in total. The van der Waals surface area contributed by atoms with Gasteiger partial charge in [0.2, 0.25) is 5.91 Å². The molecule has 2 amide bonds. The number of nitrogens with zero attached hydrogens (tertiary/aromatic N) is 1. The maximum atomic E-state index is 13.9. The van der Waals surface area contributed by atoms with Crippen molar-refractivity contribution in [1.29, 1.82) is 0 Å². The molecule has 0 aromatic heterocycles. The predicted molar refractivity (Wildman–Crippen MR) is 97.6 cm³/mol. The molecule has 140 valence electrons. The van der Waals surface area contributed by atoms with E-state index in [0.29, 0.717) is 5.69 Å². The Morgan fingerprint density at radius 2 is 2.00 bits per heavy atom. The lowest BCUT2D eigenvalue weighted by molar-refractivity contribution is -0.151. The fourth-order valence-corrected chi connectivity index (χ4v) is 2.94. The molecular weight excluding hydrogens is 351 g/mol. The molecule has 2 aromatic rings. The number of rotatable bonds is 5. The number of hydrogen-bond acceptors (Lipinski definition) is 4. The monoisotopic (exact) mass is 370 g/mol. The minimum Gasteiger partial charge on any atom is -0.455 e. The fourth-order valence-electron chi connectivity index (χ4n) is 2.94. The normalized spacial score (nSPS) is 16.3. The van der Waals surface area contributed by atoms with Gasteiger partial charge in [-0.2, -0.15) is 0 Å². The zero-order chi connectivity index (χ0) is 19.4. The van der Waals surface area contributed by atoms with Crippen molar-refractivity contribution in [1.82, 2.24) is 0 Å². The molecule has 7 heteroatoms. The summed E-state index contributed by atoms with van der Waals surface area (Å²) in [5.74, 6) is -2.74. The molecule has 1 N–H and O–H groups in total. The number of anilines is 2. The van der Waals surface area contributed by atoms with Gasteiger partial charge in [0, 0.05) is 18.7 Å². The molecule has 3 rings (SSSR count). The van der Waals surface area contributed by atoms with Gasteiger partial charge in [0.05, 0.1) is 11.6 Å². The third-order valence-corrected chi connectivity index (χ3v) is 4.25. The number of esters is 1. The molecule has 1 fully saturated rings. The molecule has 1 aliphatic heterocycles. The van der Waals surface area contributed by atoms with Crippen LogP contribution >= 0.6 is 0 Å². The van der Waals surface area contributed by atoms with Crippen LogP contribution in [0.1, 0.15) is 12.0 Å². The predicted octanol–water partition coefficient (Wildman–Crippen LogP) is 2.67. The number of carbonyl (C=O) groups is 3. The molecule has 2 aromatic carbocycles. The van der Waals surface area contributed by atoms with Crippen LogP contribution < -0.4 is 10.2 Å². The van der Waals surface area contributed by atoms with E-state index >= 15 is 0 Å². The fraction of sp³-hybridized carbons (Fsp3) is 0.250. The topological polar surface area (TPSA) is 75.7 Å². The zero-order valence-electron chi connectivity index (χ0n) is 14.8. The summed E-state index contributed by atoms with van der Waals surface area (Å²) in [6, 6.07) is 13.1. The third kappa shape index (κ3) is 4.49. The Labute approximate surface area is 155 Å². The van der Waals surface area contributed by atoms with Crippen LogP contribution in [-0.4, -0.2) is 30.9 Å². The van der Waals surface area contributed by atoms with Crippen molar-refractivity contribution in [3.8, 4) is 0 Å². The molecule has 0 bridgehead atoms. The lowest BCUT2D eigenvalue weighted by Gasteiger charge is -2.17. The molecule has 0 unspecified atom stereocenters. The molecule has 0 saturated carbocycles. The van der Waals surface area contributed by atoms with E-state index in [4.69, 9.17) is 4.74 Å². The number of aryl methyl sites for hydroxylation is 1. The number of carbonyl (C=O) groups excluding carboxylic acids is 3. The summed E-state index contributed by atoms with van der Waals surface area (Å²) >= 11 is 0. The van der Waals surface area contributed by atoms with Gasteiger partial charge in [-0.25, -0.2) is 4.39 Å². The van der Waals surface area contributed by atoms with Crippen molar-refractivity contribution < 1.29 is 23.5 Å². The summed E-state index contributed by atoms with van der Waals surface area (Å²) in [6.07, 6.45) is -0.0767. The van der Waals surface area contributed by atoms with E-state index in [2.05, 4.69) is 5.32 Å². The highest BCUT2D eigenvalue weighted by atomic mass is 19.1. The second kappa shape index (κ2) is 7.99. The van der Waals surface area contributed by atoms with Crippen molar-refractivity contribution in [2.75, 3.05) is 23.4 Å². The van der Waals surface area contributed by atoms with E-state index in [1.165, 1.54) is 23.1 Å². The smallest absolute Gasteiger partial charge is 0.311 e. The molecular formula is C20H19FN2O4. The molecule has 0 radical (unpaired) electrons. The van der Waals surface area contributed by atoms with Crippen LogP contribution in [-0.2, 0) is 19.1 Å². The average Bonchev–Trinajstić information content (AvgIpc) is 3.02. The molecule has 1 aliphatic rings. The van der Waals surface area contributed by atoms with Gasteiger partial charge >= 0.3 is 5.97 Å². The van der Waals surface area contributed by atoms with Crippen LogP contribution in [0.3, 0.4) is 0 Å². The van der Waals surface area contributed by atoms with Crippen molar-refractivity contribution >= 4 is 29.2 Å². The number of para-hydroxylation sites is 1. The highest BCUT2D eigenvalue weighted by Gasteiger charge is 2.37. The van der Waals surface area contributed by atoms with Crippen LogP contribution in [0.5, 0.6) is 0 Å². The highest BCUT2D eigenvalue weighted by Crippen LogP contribution is 2.27. The summed E-state index contributed by atoms with van der Waals surface area (Å²) < 4.78 is 18.9. The highest BCUT2D eigenvalue weighted by molar-refractivity contribution is 6.00. The van der Waals surface area contributed by atoms with E-state index in [9.17, 15) is 18.8 Å². The Balaban J connectivity index is 1.53. The number of amides is 2. The molecule has 0 spiro atoms. The zero-order valence-corrected chi connectivity index (χ0v) is 14.8. The summed E-state index contributed by atoms with van der Waals surface area (Å²) in [7, 11) is 0. The van der Waals surface area contributed by atoms with Crippen LogP contribution in [0.2, 0.25) is 0 Å². The van der Waals surface area contributed by atoms with Crippen molar-refractivity contribution in [3.05, 3.63) is 59.9 Å². The lowest BCUT2D eigenvalue weighted by Crippen LogP contribution is -2.28. The molecule has 1 heterocycles. The number of benzene rings is 2.